The van der Waals surface area contributed by atoms with Crippen molar-refractivity contribution in [2.45, 2.75) is 38.9 Å². The van der Waals surface area contributed by atoms with Crippen LogP contribution in [0.3, 0.4) is 0 Å². The predicted molar refractivity (Wildman–Crippen MR) is 111 cm³/mol. The van der Waals surface area contributed by atoms with Crippen LogP contribution in [0.5, 0.6) is 17.2 Å². The van der Waals surface area contributed by atoms with Crippen molar-refractivity contribution in [3.8, 4) is 17.2 Å². The zero-order chi connectivity index (χ0) is 23.0. The van der Waals surface area contributed by atoms with Crippen LogP contribution in [0.4, 0.5) is 29.3 Å². The second-order valence-electron chi connectivity index (χ2n) is 6.56. The molecule has 0 heterocycles. The molecule has 3 amide bonds. The van der Waals surface area contributed by atoms with Crippen LogP contribution in [0, 0.1) is 0 Å². The molecule has 7 nitrogen and oxygen atoms in total. The molecule has 31 heavy (non-hydrogen) atoms. The standard InChI is InChI=1S/C21H24F3N3O4/c1-4-13(5-2)26-20(29)27-15-8-11-17(18(12-15)30-3)31-16-9-6-14(7-10-16)25-19(28)21(22,23)24/h6-13H,4-5H2,1-3H3,(H,25,28)(H2,26,27,29). The number of benzene rings is 2. The molecule has 168 valence electrons. The maximum Gasteiger partial charge on any atom is 0.471 e. The predicted octanol–water partition coefficient (Wildman–Crippen LogP) is 5.30. The summed E-state index contributed by atoms with van der Waals surface area (Å²) in [6.07, 6.45) is -3.33. The highest BCUT2D eigenvalue weighted by Gasteiger charge is 2.38. The molecule has 0 atom stereocenters. The zero-order valence-electron chi connectivity index (χ0n) is 17.3. The van der Waals surface area contributed by atoms with Gasteiger partial charge in [-0.2, -0.15) is 13.2 Å². The van der Waals surface area contributed by atoms with Crippen LogP contribution >= 0.6 is 0 Å². The number of carbonyl (C=O) groups is 2. The summed E-state index contributed by atoms with van der Waals surface area (Å²) < 4.78 is 47.9. The SMILES string of the molecule is CCC(CC)NC(=O)Nc1ccc(Oc2ccc(NC(=O)C(F)(F)F)cc2)c(OC)c1. The minimum Gasteiger partial charge on any atom is -0.493 e. The van der Waals surface area contributed by atoms with E-state index in [4.69, 9.17) is 9.47 Å². The van der Waals surface area contributed by atoms with Crippen molar-refractivity contribution in [3.63, 3.8) is 0 Å². The highest BCUT2D eigenvalue weighted by Crippen LogP contribution is 2.34. The highest BCUT2D eigenvalue weighted by atomic mass is 19.4. The molecular weight excluding hydrogens is 415 g/mol. The molecular formula is C21H24F3N3O4. The van der Waals surface area contributed by atoms with Crippen molar-refractivity contribution in [1.29, 1.82) is 0 Å². The van der Waals surface area contributed by atoms with Gasteiger partial charge in [0.25, 0.3) is 0 Å². The fraction of sp³-hybridized carbons (Fsp3) is 0.333. The number of carbonyl (C=O) groups excluding carboxylic acids is 2. The summed E-state index contributed by atoms with van der Waals surface area (Å²) in [7, 11) is 1.44. The smallest absolute Gasteiger partial charge is 0.471 e. The summed E-state index contributed by atoms with van der Waals surface area (Å²) in [5, 5.41) is 7.34. The lowest BCUT2D eigenvalue weighted by Gasteiger charge is -2.16. The number of rotatable bonds is 8. The van der Waals surface area contributed by atoms with Crippen LogP contribution < -0.4 is 25.4 Å². The van der Waals surface area contributed by atoms with Crippen LogP contribution in [0.15, 0.2) is 42.5 Å². The largest absolute Gasteiger partial charge is 0.493 e. The summed E-state index contributed by atoms with van der Waals surface area (Å²) >= 11 is 0. The van der Waals surface area contributed by atoms with Gasteiger partial charge in [-0.15, -0.1) is 0 Å². The number of anilines is 2. The summed E-state index contributed by atoms with van der Waals surface area (Å²) in [4.78, 5) is 23.1. The molecule has 10 heteroatoms. The number of ether oxygens (including phenoxy) is 2. The lowest BCUT2D eigenvalue weighted by molar-refractivity contribution is -0.167. The van der Waals surface area contributed by atoms with Gasteiger partial charge in [0.1, 0.15) is 5.75 Å². The Labute approximate surface area is 177 Å². The van der Waals surface area contributed by atoms with Crippen LogP contribution in [0.1, 0.15) is 26.7 Å². The van der Waals surface area contributed by atoms with Crippen molar-refractivity contribution in [2.75, 3.05) is 17.7 Å². The van der Waals surface area contributed by atoms with Gasteiger partial charge in [0.15, 0.2) is 11.5 Å². The topological polar surface area (TPSA) is 88.7 Å². The van der Waals surface area contributed by atoms with E-state index in [0.717, 1.165) is 12.8 Å². The number of amides is 3. The molecule has 2 rings (SSSR count). The van der Waals surface area contributed by atoms with Crippen LogP contribution in [-0.2, 0) is 4.79 Å². The second kappa shape index (κ2) is 10.6. The van der Waals surface area contributed by atoms with E-state index in [2.05, 4.69) is 10.6 Å². The van der Waals surface area contributed by atoms with Gasteiger partial charge in [0.2, 0.25) is 0 Å². The fourth-order valence-electron chi connectivity index (χ4n) is 2.61. The Morgan fingerprint density at radius 3 is 2.10 bits per heavy atom. The number of hydrogen-bond acceptors (Lipinski definition) is 4. The molecule has 0 bridgehead atoms. The third-order valence-electron chi connectivity index (χ3n) is 4.34. The van der Waals surface area contributed by atoms with Crippen molar-refractivity contribution in [1.82, 2.24) is 5.32 Å². The Kier molecular flexibility index (Phi) is 8.12. The average molecular weight is 439 g/mol. The Morgan fingerprint density at radius 1 is 0.935 bits per heavy atom. The van der Waals surface area contributed by atoms with Crippen molar-refractivity contribution >= 4 is 23.3 Å². The van der Waals surface area contributed by atoms with Gasteiger partial charge in [0, 0.05) is 23.5 Å². The first-order valence-corrected chi connectivity index (χ1v) is 9.57. The molecule has 0 spiro atoms. The van der Waals surface area contributed by atoms with Crippen LogP contribution in [-0.4, -0.2) is 31.3 Å². The summed E-state index contributed by atoms with van der Waals surface area (Å²) in [6, 6.07) is 9.91. The third-order valence-corrected chi connectivity index (χ3v) is 4.34. The lowest BCUT2D eigenvalue weighted by atomic mass is 10.2. The molecule has 3 N–H and O–H groups in total. The van der Waals surface area contributed by atoms with Gasteiger partial charge in [0.05, 0.1) is 7.11 Å². The molecule has 2 aromatic rings. The van der Waals surface area contributed by atoms with Crippen LogP contribution in [0.25, 0.3) is 0 Å². The first-order chi connectivity index (χ1) is 14.7. The zero-order valence-corrected chi connectivity index (χ0v) is 17.3. The van der Waals surface area contributed by atoms with E-state index in [9.17, 15) is 22.8 Å². The van der Waals surface area contributed by atoms with Gasteiger partial charge in [-0.05, 0) is 49.2 Å². The highest BCUT2D eigenvalue weighted by molar-refractivity contribution is 5.95. The van der Waals surface area contributed by atoms with Crippen molar-refractivity contribution in [2.24, 2.45) is 0 Å². The molecule has 0 saturated carbocycles. The van der Waals surface area contributed by atoms with Crippen molar-refractivity contribution in [3.05, 3.63) is 42.5 Å². The Bertz CT molecular complexity index is 898. The van der Waals surface area contributed by atoms with Gasteiger partial charge >= 0.3 is 18.1 Å². The van der Waals surface area contributed by atoms with Gasteiger partial charge in [-0.1, -0.05) is 13.8 Å². The Hall–Kier alpha value is -3.43. The maximum absolute atomic E-state index is 12.3. The number of urea groups is 1. The fourth-order valence-corrected chi connectivity index (χ4v) is 2.61. The summed E-state index contributed by atoms with van der Waals surface area (Å²) in [5.41, 5.74) is 0.475. The van der Waals surface area contributed by atoms with Gasteiger partial charge < -0.3 is 25.4 Å². The second-order valence-corrected chi connectivity index (χ2v) is 6.56. The number of nitrogens with one attached hydrogen (secondary N) is 3. The normalized spacial score (nSPS) is 11.1. The molecule has 2 aromatic carbocycles. The number of methoxy groups -OCH3 is 1. The minimum absolute atomic E-state index is 0.0235. The third kappa shape index (κ3) is 7.09. The van der Waals surface area contributed by atoms with Crippen LogP contribution in [0.2, 0.25) is 0 Å². The lowest BCUT2D eigenvalue weighted by Crippen LogP contribution is -2.37. The molecule has 0 aliphatic carbocycles. The first kappa shape index (κ1) is 23.8. The number of halogens is 3. The van der Waals surface area contributed by atoms with E-state index in [-0.39, 0.29) is 17.8 Å². The average Bonchev–Trinajstić information content (AvgIpc) is 2.73. The maximum atomic E-state index is 12.3. The summed E-state index contributed by atoms with van der Waals surface area (Å²) in [5.74, 6) is -1.06. The monoisotopic (exact) mass is 439 g/mol. The number of alkyl halides is 3. The van der Waals surface area contributed by atoms with E-state index >= 15 is 0 Å². The molecule has 0 aromatic heterocycles. The quantitative estimate of drug-likeness (QED) is 0.521. The van der Waals surface area contributed by atoms with E-state index in [1.165, 1.54) is 31.4 Å². The van der Waals surface area contributed by atoms with E-state index in [1.807, 2.05) is 13.8 Å². The summed E-state index contributed by atoms with van der Waals surface area (Å²) in [6.45, 7) is 3.97. The van der Waals surface area contributed by atoms with E-state index in [1.54, 1.807) is 23.5 Å². The van der Waals surface area contributed by atoms with Gasteiger partial charge in [-0.25, -0.2) is 4.79 Å². The van der Waals surface area contributed by atoms with Crippen molar-refractivity contribution < 1.29 is 32.2 Å². The molecule has 0 fully saturated rings. The Morgan fingerprint density at radius 2 is 1.55 bits per heavy atom. The molecule has 0 aliphatic heterocycles. The molecule has 0 unspecified atom stereocenters. The van der Waals surface area contributed by atoms with Gasteiger partial charge in [-0.3, -0.25) is 4.79 Å². The van der Waals surface area contributed by atoms with E-state index < -0.39 is 12.1 Å². The number of hydrogen-bond donors (Lipinski definition) is 3. The van der Waals surface area contributed by atoms with E-state index in [0.29, 0.717) is 22.9 Å². The minimum atomic E-state index is -4.97. The molecule has 0 radical (unpaired) electrons. The molecule has 0 aliphatic rings. The Balaban J connectivity index is 2.05. The molecule has 0 saturated heterocycles. The first-order valence-electron chi connectivity index (χ1n) is 9.57.